The van der Waals surface area contributed by atoms with E-state index in [-0.39, 0.29) is 6.79 Å². The van der Waals surface area contributed by atoms with Crippen LogP contribution in [-0.2, 0) is 6.54 Å². The van der Waals surface area contributed by atoms with Crippen molar-refractivity contribution in [1.82, 2.24) is 19.9 Å². The summed E-state index contributed by atoms with van der Waals surface area (Å²) < 4.78 is 10.8. The van der Waals surface area contributed by atoms with E-state index >= 15 is 0 Å². The van der Waals surface area contributed by atoms with Crippen LogP contribution in [0, 0.1) is 0 Å². The van der Waals surface area contributed by atoms with Crippen LogP contribution in [0.1, 0.15) is 5.56 Å². The van der Waals surface area contributed by atoms with Crippen molar-refractivity contribution in [2.45, 2.75) is 6.54 Å². The standard InChI is InChI=1S/C13H11N5O2/c1-2-9(12-11(3-1)19-8-20-12)5-16-18-13-10(6-17-18)4-14-7-15-13/h1-4,6-7,16H,5,8H2. The summed E-state index contributed by atoms with van der Waals surface area (Å²) in [6, 6.07) is 5.82. The van der Waals surface area contributed by atoms with E-state index in [0.717, 1.165) is 28.1 Å². The van der Waals surface area contributed by atoms with Gasteiger partial charge in [0.25, 0.3) is 0 Å². The third-order valence-corrected chi connectivity index (χ3v) is 3.13. The molecule has 2 aromatic heterocycles. The third-order valence-electron chi connectivity index (χ3n) is 3.13. The van der Waals surface area contributed by atoms with Gasteiger partial charge >= 0.3 is 0 Å². The fourth-order valence-electron chi connectivity index (χ4n) is 2.18. The van der Waals surface area contributed by atoms with Crippen molar-refractivity contribution in [3.8, 4) is 11.5 Å². The first-order valence-corrected chi connectivity index (χ1v) is 6.17. The molecule has 0 saturated carbocycles. The number of aromatic nitrogens is 4. The summed E-state index contributed by atoms with van der Waals surface area (Å²) in [5.41, 5.74) is 4.95. The Bertz CT molecular complexity index is 770. The van der Waals surface area contributed by atoms with E-state index in [4.69, 9.17) is 9.47 Å². The van der Waals surface area contributed by atoms with Gasteiger partial charge in [-0.2, -0.15) is 9.89 Å². The number of nitrogens with one attached hydrogen (secondary N) is 1. The number of nitrogens with zero attached hydrogens (tertiary/aromatic N) is 4. The van der Waals surface area contributed by atoms with E-state index in [1.807, 2.05) is 18.2 Å². The molecular formula is C13H11N5O2. The van der Waals surface area contributed by atoms with Crippen molar-refractivity contribution in [3.63, 3.8) is 0 Å². The lowest BCUT2D eigenvalue weighted by atomic mass is 10.2. The molecule has 0 saturated heterocycles. The molecule has 1 aliphatic heterocycles. The zero-order valence-corrected chi connectivity index (χ0v) is 10.5. The average molecular weight is 269 g/mol. The highest BCUT2D eigenvalue weighted by molar-refractivity contribution is 5.72. The van der Waals surface area contributed by atoms with E-state index in [2.05, 4.69) is 20.5 Å². The summed E-state index contributed by atoms with van der Waals surface area (Å²) >= 11 is 0. The predicted molar refractivity (Wildman–Crippen MR) is 71.0 cm³/mol. The number of ether oxygens (including phenoxy) is 2. The number of rotatable bonds is 3. The summed E-state index contributed by atoms with van der Waals surface area (Å²) in [6.07, 6.45) is 4.95. The molecule has 0 spiro atoms. The quantitative estimate of drug-likeness (QED) is 0.772. The summed E-state index contributed by atoms with van der Waals surface area (Å²) in [7, 11) is 0. The molecule has 0 aliphatic carbocycles. The molecule has 100 valence electrons. The van der Waals surface area contributed by atoms with Gasteiger partial charge in [-0.1, -0.05) is 12.1 Å². The first kappa shape index (κ1) is 11.0. The molecule has 1 N–H and O–H groups in total. The first-order chi connectivity index (χ1) is 9.92. The molecule has 7 nitrogen and oxygen atoms in total. The molecule has 7 heteroatoms. The van der Waals surface area contributed by atoms with Gasteiger partial charge in [0.05, 0.1) is 18.1 Å². The summed E-state index contributed by atoms with van der Waals surface area (Å²) in [4.78, 5) is 9.79. The molecule has 1 aromatic carbocycles. The number of fused-ring (bicyclic) bond motifs is 2. The van der Waals surface area contributed by atoms with Gasteiger partial charge in [-0.15, -0.1) is 0 Å². The maximum absolute atomic E-state index is 5.47. The Morgan fingerprint density at radius 1 is 1.25 bits per heavy atom. The third kappa shape index (κ3) is 1.71. The Morgan fingerprint density at radius 3 is 3.25 bits per heavy atom. The Hall–Kier alpha value is -2.83. The lowest BCUT2D eigenvalue weighted by Gasteiger charge is -2.09. The van der Waals surface area contributed by atoms with Gasteiger partial charge in [0.15, 0.2) is 17.1 Å². The minimum Gasteiger partial charge on any atom is -0.454 e. The maximum atomic E-state index is 5.47. The number of hydrogen-bond donors (Lipinski definition) is 1. The Balaban J connectivity index is 1.61. The molecule has 3 heterocycles. The highest BCUT2D eigenvalue weighted by Crippen LogP contribution is 2.35. The van der Waals surface area contributed by atoms with E-state index in [9.17, 15) is 0 Å². The van der Waals surface area contributed by atoms with Crippen LogP contribution in [0.5, 0.6) is 11.5 Å². The Kier molecular flexibility index (Phi) is 2.41. The van der Waals surface area contributed by atoms with Gasteiger partial charge < -0.3 is 14.9 Å². The topological polar surface area (TPSA) is 74.1 Å². The van der Waals surface area contributed by atoms with E-state index in [0.29, 0.717) is 6.54 Å². The molecular weight excluding hydrogens is 258 g/mol. The zero-order chi connectivity index (χ0) is 13.4. The molecule has 0 amide bonds. The molecule has 3 aromatic rings. The van der Waals surface area contributed by atoms with Crippen molar-refractivity contribution in [3.05, 3.63) is 42.5 Å². The maximum Gasteiger partial charge on any atom is 0.231 e. The average Bonchev–Trinajstić information content (AvgIpc) is 3.12. The largest absolute Gasteiger partial charge is 0.454 e. The van der Waals surface area contributed by atoms with Crippen molar-refractivity contribution in [2.24, 2.45) is 0 Å². The van der Waals surface area contributed by atoms with E-state index in [1.54, 1.807) is 17.2 Å². The Labute approximate surface area is 114 Å². The van der Waals surface area contributed by atoms with Gasteiger partial charge in [-0.05, 0) is 6.07 Å². The van der Waals surface area contributed by atoms with Crippen LogP contribution < -0.4 is 14.9 Å². The molecule has 0 radical (unpaired) electrons. The fourth-order valence-corrected chi connectivity index (χ4v) is 2.18. The fraction of sp³-hybridized carbons (Fsp3) is 0.154. The van der Waals surface area contributed by atoms with Crippen molar-refractivity contribution in [1.29, 1.82) is 0 Å². The second kappa shape index (κ2) is 4.37. The second-order valence-electron chi connectivity index (χ2n) is 4.34. The van der Waals surface area contributed by atoms with Crippen LogP contribution >= 0.6 is 0 Å². The van der Waals surface area contributed by atoms with Crippen LogP contribution in [-0.4, -0.2) is 26.7 Å². The second-order valence-corrected chi connectivity index (χ2v) is 4.34. The summed E-state index contributed by atoms with van der Waals surface area (Å²) in [6.45, 7) is 0.831. The van der Waals surface area contributed by atoms with Gasteiger partial charge in [0.2, 0.25) is 6.79 Å². The van der Waals surface area contributed by atoms with Crippen LogP contribution in [0.15, 0.2) is 36.9 Å². The minimum atomic E-state index is 0.268. The van der Waals surface area contributed by atoms with Crippen LogP contribution in [0.4, 0.5) is 0 Å². The monoisotopic (exact) mass is 269 g/mol. The number of hydrogen-bond acceptors (Lipinski definition) is 6. The number of benzene rings is 1. The minimum absolute atomic E-state index is 0.268. The van der Waals surface area contributed by atoms with Crippen molar-refractivity contribution >= 4 is 11.0 Å². The highest BCUT2D eigenvalue weighted by Gasteiger charge is 2.17. The van der Waals surface area contributed by atoms with Gasteiger partial charge in [-0.25, -0.2) is 9.97 Å². The van der Waals surface area contributed by atoms with Crippen LogP contribution in [0.3, 0.4) is 0 Å². The Morgan fingerprint density at radius 2 is 2.25 bits per heavy atom. The molecule has 0 unspecified atom stereocenters. The molecule has 0 bridgehead atoms. The first-order valence-electron chi connectivity index (χ1n) is 6.17. The van der Waals surface area contributed by atoms with E-state index < -0.39 is 0 Å². The molecule has 0 fully saturated rings. The molecule has 1 aliphatic rings. The summed E-state index contributed by atoms with van der Waals surface area (Å²) in [5.74, 6) is 1.56. The van der Waals surface area contributed by atoms with Gasteiger partial charge in [0, 0.05) is 11.8 Å². The number of para-hydroxylation sites is 1. The van der Waals surface area contributed by atoms with Gasteiger partial charge in [-0.3, -0.25) is 0 Å². The van der Waals surface area contributed by atoms with Crippen molar-refractivity contribution < 1.29 is 9.47 Å². The van der Waals surface area contributed by atoms with Crippen molar-refractivity contribution in [2.75, 3.05) is 12.2 Å². The highest BCUT2D eigenvalue weighted by atomic mass is 16.7. The lowest BCUT2D eigenvalue weighted by Crippen LogP contribution is -2.16. The molecule has 0 atom stereocenters. The smallest absolute Gasteiger partial charge is 0.231 e. The normalized spacial score (nSPS) is 12.8. The SMILES string of the molecule is c1cc(CNn2ncc3cncnc32)c2c(c1)OCO2. The molecule has 4 rings (SSSR count). The molecule has 20 heavy (non-hydrogen) atoms. The zero-order valence-electron chi connectivity index (χ0n) is 10.5. The van der Waals surface area contributed by atoms with Crippen LogP contribution in [0.25, 0.3) is 11.0 Å². The summed E-state index contributed by atoms with van der Waals surface area (Å²) in [5, 5.41) is 5.12. The predicted octanol–water partition coefficient (Wildman–Crippen LogP) is 1.30. The van der Waals surface area contributed by atoms with Gasteiger partial charge in [0.1, 0.15) is 6.33 Å². The van der Waals surface area contributed by atoms with E-state index in [1.165, 1.54) is 6.33 Å². The van der Waals surface area contributed by atoms with Crippen LogP contribution in [0.2, 0.25) is 0 Å². The lowest BCUT2D eigenvalue weighted by molar-refractivity contribution is 0.173.